The van der Waals surface area contributed by atoms with Crippen molar-refractivity contribution >= 4 is 29.1 Å². The number of carbonyl (C=O) groups excluding carboxylic acids is 1. The molecule has 10 heteroatoms. The van der Waals surface area contributed by atoms with Crippen molar-refractivity contribution in [3.8, 4) is 11.5 Å². The number of rotatable bonds is 10. The molecule has 0 saturated carbocycles. The molecule has 0 saturated heterocycles. The molecule has 4 rings (SSSR count). The van der Waals surface area contributed by atoms with Crippen molar-refractivity contribution in [1.82, 2.24) is 4.57 Å². The van der Waals surface area contributed by atoms with Crippen molar-refractivity contribution < 1.29 is 23.7 Å². The lowest BCUT2D eigenvalue weighted by molar-refractivity contribution is -0.140. The van der Waals surface area contributed by atoms with Crippen LogP contribution in [0.1, 0.15) is 31.0 Å². The second-order valence-electron chi connectivity index (χ2n) is 9.01. The summed E-state index contributed by atoms with van der Waals surface area (Å²) in [5.74, 6) is 0.384. The lowest BCUT2D eigenvalue weighted by Gasteiger charge is -2.27. The maximum Gasteiger partial charge on any atom is 0.338 e. The van der Waals surface area contributed by atoms with Crippen molar-refractivity contribution in [2.75, 3.05) is 53.0 Å². The highest BCUT2D eigenvalue weighted by molar-refractivity contribution is 7.07. The molecule has 0 unspecified atom stereocenters. The van der Waals surface area contributed by atoms with E-state index in [0.717, 1.165) is 11.3 Å². The van der Waals surface area contributed by atoms with Gasteiger partial charge in [0.25, 0.3) is 5.56 Å². The van der Waals surface area contributed by atoms with Gasteiger partial charge in [-0.2, -0.15) is 0 Å². The predicted octanol–water partition coefficient (Wildman–Crippen LogP) is 2.90. The lowest BCUT2D eigenvalue weighted by Crippen LogP contribution is -2.40. The molecule has 0 aliphatic carbocycles. The number of anilines is 1. The molecule has 1 aliphatic heterocycles. The maximum atomic E-state index is 13.9. The lowest BCUT2D eigenvalue weighted by atomic mass is 9.94. The fourth-order valence-electron chi connectivity index (χ4n) is 4.40. The summed E-state index contributed by atoms with van der Waals surface area (Å²) in [6.45, 7) is 4.30. The molecule has 9 nitrogen and oxygen atoms in total. The summed E-state index contributed by atoms with van der Waals surface area (Å²) >= 11 is 1.27. The van der Waals surface area contributed by atoms with Crippen LogP contribution in [0, 0.1) is 0 Å². The monoisotopic (exact) mass is 551 g/mol. The van der Waals surface area contributed by atoms with Gasteiger partial charge in [0.1, 0.15) is 12.6 Å². The van der Waals surface area contributed by atoms with Crippen LogP contribution in [0.15, 0.2) is 63.5 Å². The molecule has 2 aromatic carbocycles. The predicted molar refractivity (Wildman–Crippen MR) is 152 cm³/mol. The van der Waals surface area contributed by atoms with Gasteiger partial charge < -0.3 is 23.8 Å². The van der Waals surface area contributed by atoms with Crippen LogP contribution >= 0.6 is 11.3 Å². The third-order valence-electron chi connectivity index (χ3n) is 6.28. The van der Waals surface area contributed by atoms with Gasteiger partial charge in [-0.25, -0.2) is 9.79 Å². The van der Waals surface area contributed by atoms with Gasteiger partial charge in [-0.15, -0.1) is 0 Å². The molecule has 0 spiro atoms. The Morgan fingerprint density at radius 3 is 2.51 bits per heavy atom. The average molecular weight is 552 g/mol. The number of hydrogen-bond donors (Lipinski definition) is 0. The summed E-state index contributed by atoms with van der Waals surface area (Å²) < 4.78 is 24.2. The van der Waals surface area contributed by atoms with Crippen LogP contribution in [-0.4, -0.2) is 58.7 Å². The third kappa shape index (κ3) is 5.76. The standard InChI is InChI=1S/C29H33N3O6S/c1-7-37-26-21(9-8-10-22(26)36-6)25-24(28(34)38-16-15-35-5)18(2)30-29-32(25)27(33)23(39-29)17-19-11-13-20(14-12-19)31(3)4/h8-14,17,25H,7,15-16H2,1-6H3/b23-17+/t25-/m0/s1. The number of methoxy groups -OCH3 is 2. The van der Waals surface area contributed by atoms with E-state index in [4.69, 9.17) is 18.9 Å². The fourth-order valence-corrected chi connectivity index (χ4v) is 5.45. The first-order chi connectivity index (χ1) is 18.8. The van der Waals surface area contributed by atoms with Crippen molar-refractivity contribution in [3.63, 3.8) is 0 Å². The summed E-state index contributed by atoms with van der Waals surface area (Å²) in [5, 5.41) is 0. The number of para-hydroxylation sites is 1. The number of fused-ring (bicyclic) bond motifs is 1. The normalized spacial score (nSPS) is 15.0. The van der Waals surface area contributed by atoms with E-state index in [1.54, 1.807) is 24.7 Å². The van der Waals surface area contributed by atoms with E-state index in [2.05, 4.69) is 4.99 Å². The van der Waals surface area contributed by atoms with Gasteiger partial charge in [0, 0.05) is 32.5 Å². The van der Waals surface area contributed by atoms with E-state index in [-0.39, 0.29) is 24.3 Å². The Morgan fingerprint density at radius 2 is 1.87 bits per heavy atom. The molecular weight excluding hydrogens is 518 g/mol. The highest BCUT2D eigenvalue weighted by Gasteiger charge is 2.36. The molecule has 1 aromatic heterocycles. The van der Waals surface area contributed by atoms with E-state index >= 15 is 0 Å². The Hall–Kier alpha value is -3.89. The van der Waals surface area contributed by atoms with Gasteiger partial charge >= 0.3 is 5.97 Å². The summed E-state index contributed by atoms with van der Waals surface area (Å²) in [5.41, 5.74) is 3.01. The summed E-state index contributed by atoms with van der Waals surface area (Å²) in [7, 11) is 7.03. The Kier molecular flexibility index (Phi) is 8.88. The molecule has 2 heterocycles. The third-order valence-corrected chi connectivity index (χ3v) is 7.26. The maximum absolute atomic E-state index is 13.9. The number of nitrogens with zero attached hydrogens (tertiary/aromatic N) is 3. The molecule has 3 aromatic rings. The van der Waals surface area contributed by atoms with E-state index in [1.807, 2.05) is 68.4 Å². The Balaban J connectivity index is 1.93. The van der Waals surface area contributed by atoms with Crippen LogP contribution in [0.2, 0.25) is 0 Å². The van der Waals surface area contributed by atoms with E-state index in [1.165, 1.54) is 18.4 Å². The summed E-state index contributed by atoms with van der Waals surface area (Å²) in [6, 6.07) is 12.5. The van der Waals surface area contributed by atoms with Gasteiger partial charge in [-0.1, -0.05) is 35.6 Å². The number of aromatic nitrogens is 1. The Bertz CT molecular complexity index is 1550. The number of esters is 1. The fraction of sp³-hybridized carbons (Fsp3) is 0.345. The second kappa shape index (κ2) is 12.3. The first-order valence-electron chi connectivity index (χ1n) is 12.6. The second-order valence-corrected chi connectivity index (χ2v) is 10.0. The zero-order valence-corrected chi connectivity index (χ0v) is 23.8. The average Bonchev–Trinajstić information content (AvgIpc) is 3.22. The topological polar surface area (TPSA) is 91.6 Å². The molecule has 1 atom stereocenters. The highest BCUT2D eigenvalue weighted by Crippen LogP contribution is 2.40. The van der Waals surface area contributed by atoms with Gasteiger partial charge in [0.05, 0.1) is 36.1 Å². The molecule has 0 N–H and O–H groups in total. The Labute approximate surface area is 231 Å². The zero-order valence-electron chi connectivity index (χ0n) is 23.0. The molecule has 1 aliphatic rings. The minimum atomic E-state index is -0.828. The number of allylic oxidation sites excluding steroid dienone is 1. The van der Waals surface area contributed by atoms with E-state index < -0.39 is 12.0 Å². The molecule has 206 valence electrons. The smallest absolute Gasteiger partial charge is 0.338 e. The number of thiazole rings is 1. The van der Waals surface area contributed by atoms with E-state index in [9.17, 15) is 9.59 Å². The first kappa shape index (κ1) is 28.1. The van der Waals surface area contributed by atoms with Gasteiger partial charge in [0.2, 0.25) is 0 Å². The van der Waals surface area contributed by atoms with Crippen molar-refractivity contribution in [3.05, 3.63) is 84.5 Å². The van der Waals surface area contributed by atoms with Crippen LogP contribution in [0.4, 0.5) is 5.69 Å². The van der Waals surface area contributed by atoms with Crippen molar-refractivity contribution in [2.45, 2.75) is 19.9 Å². The van der Waals surface area contributed by atoms with Gasteiger partial charge in [-0.3, -0.25) is 9.36 Å². The number of ether oxygens (including phenoxy) is 4. The number of benzene rings is 2. The van der Waals surface area contributed by atoms with Crippen LogP contribution < -0.4 is 29.3 Å². The molecule has 0 radical (unpaired) electrons. The molecule has 0 fully saturated rings. The molecule has 39 heavy (non-hydrogen) atoms. The van der Waals surface area contributed by atoms with Crippen molar-refractivity contribution in [2.24, 2.45) is 4.99 Å². The SMILES string of the molecule is CCOc1c(OC)cccc1[C@H]1C(C(=O)OCCOC)=C(C)N=c2s/c(=C/c3ccc(N(C)C)cc3)c(=O)n21. The first-order valence-corrected chi connectivity index (χ1v) is 13.4. The van der Waals surface area contributed by atoms with Crippen LogP contribution in [0.5, 0.6) is 11.5 Å². The van der Waals surface area contributed by atoms with Crippen molar-refractivity contribution in [1.29, 1.82) is 0 Å². The molecule has 0 bridgehead atoms. The number of carbonyl (C=O) groups is 1. The minimum Gasteiger partial charge on any atom is -0.493 e. The Morgan fingerprint density at radius 1 is 1.13 bits per heavy atom. The van der Waals surface area contributed by atoms with Crippen LogP contribution in [0.25, 0.3) is 6.08 Å². The summed E-state index contributed by atoms with van der Waals surface area (Å²) in [4.78, 5) is 34.5. The minimum absolute atomic E-state index is 0.0720. The quantitative estimate of drug-likeness (QED) is 0.283. The van der Waals surface area contributed by atoms with Crippen LogP contribution in [-0.2, 0) is 14.3 Å². The number of hydrogen-bond acceptors (Lipinski definition) is 9. The largest absolute Gasteiger partial charge is 0.493 e. The van der Waals surface area contributed by atoms with E-state index in [0.29, 0.717) is 38.7 Å². The van der Waals surface area contributed by atoms with Crippen LogP contribution in [0.3, 0.4) is 0 Å². The summed E-state index contributed by atoms with van der Waals surface area (Å²) in [6.07, 6.45) is 1.84. The highest BCUT2D eigenvalue weighted by atomic mass is 32.1. The van der Waals surface area contributed by atoms with Gasteiger partial charge in [-0.05, 0) is 43.7 Å². The zero-order chi connectivity index (χ0) is 28.1. The molecular formula is C29H33N3O6S. The van der Waals surface area contributed by atoms with Gasteiger partial charge in [0.15, 0.2) is 16.3 Å². The molecule has 0 amide bonds.